The molecule has 5 heteroatoms. The van der Waals surface area contributed by atoms with Gasteiger partial charge in [0.2, 0.25) is 0 Å². The lowest BCUT2D eigenvalue weighted by Gasteiger charge is -2.18. The van der Waals surface area contributed by atoms with E-state index in [-0.39, 0.29) is 0 Å². The van der Waals surface area contributed by atoms with Crippen molar-refractivity contribution >= 4 is 61.6 Å². The summed E-state index contributed by atoms with van der Waals surface area (Å²) in [6.07, 6.45) is 0. The van der Waals surface area contributed by atoms with Gasteiger partial charge < -0.3 is 4.90 Å². The molecule has 1 heterocycles. The Bertz CT molecular complexity index is 508. The van der Waals surface area contributed by atoms with Crippen molar-refractivity contribution in [2.75, 3.05) is 18.0 Å². The molecule has 0 aliphatic carbocycles. The number of fused-ring (bicyclic) bond motifs is 1. The van der Waals surface area contributed by atoms with Gasteiger partial charge in [0.25, 0.3) is 0 Å². The highest BCUT2D eigenvalue weighted by molar-refractivity contribution is 14.1. The van der Waals surface area contributed by atoms with E-state index in [2.05, 4.69) is 51.8 Å². The average molecular weight is 367 g/mol. The van der Waals surface area contributed by atoms with Crippen molar-refractivity contribution in [3.63, 3.8) is 0 Å². The van der Waals surface area contributed by atoms with Crippen LogP contribution in [0.3, 0.4) is 0 Å². The van der Waals surface area contributed by atoms with Gasteiger partial charge in [0.1, 0.15) is 0 Å². The zero-order valence-electron chi connectivity index (χ0n) is 9.13. The van der Waals surface area contributed by atoms with Crippen LogP contribution in [-0.4, -0.2) is 17.5 Å². The molecule has 2 nitrogen and oxygen atoms in total. The zero-order chi connectivity index (χ0) is 11.7. The monoisotopic (exact) mass is 366 g/mol. The fraction of sp³-hybridized carbons (Fsp3) is 0.364. The maximum atomic E-state index is 6.36. The predicted octanol–water partition coefficient (Wildman–Crippen LogP) is 4.40. The topological polar surface area (TPSA) is 16.1 Å². The first-order valence-electron chi connectivity index (χ1n) is 5.17. The molecule has 0 fully saturated rings. The normalized spacial score (nSPS) is 11.0. The first-order chi connectivity index (χ1) is 7.69. The fourth-order valence-electron chi connectivity index (χ4n) is 1.69. The maximum absolute atomic E-state index is 6.36. The average Bonchev–Trinajstić information content (AvgIpc) is 2.70. The molecular weight excluding hydrogens is 355 g/mol. The van der Waals surface area contributed by atoms with Gasteiger partial charge in [0.05, 0.1) is 15.1 Å². The van der Waals surface area contributed by atoms with E-state index in [1.165, 1.54) is 11.5 Å². The maximum Gasteiger partial charge on any atom is 0.151 e. The lowest BCUT2D eigenvalue weighted by Crippen LogP contribution is -2.22. The van der Waals surface area contributed by atoms with Crippen LogP contribution in [0.4, 0.5) is 5.82 Å². The van der Waals surface area contributed by atoms with E-state index in [0.29, 0.717) is 0 Å². The van der Waals surface area contributed by atoms with E-state index in [4.69, 9.17) is 11.6 Å². The van der Waals surface area contributed by atoms with E-state index in [0.717, 1.165) is 37.6 Å². The lowest BCUT2D eigenvalue weighted by molar-refractivity contribution is 0.859. The number of aromatic nitrogens is 1. The molecule has 2 aromatic rings. The van der Waals surface area contributed by atoms with Crippen LogP contribution in [0.15, 0.2) is 12.1 Å². The van der Waals surface area contributed by atoms with Crippen LogP contribution in [0.2, 0.25) is 5.02 Å². The second kappa shape index (κ2) is 5.06. The molecule has 0 N–H and O–H groups in total. The van der Waals surface area contributed by atoms with E-state index in [9.17, 15) is 0 Å². The van der Waals surface area contributed by atoms with Crippen LogP contribution in [0.25, 0.3) is 10.1 Å². The van der Waals surface area contributed by atoms with Crippen molar-refractivity contribution < 1.29 is 0 Å². The van der Waals surface area contributed by atoms with Gasteiger partial charge >= 0.3 is 0 Å². The molecule has 16 heavy (non-hydrogen) atoms. The standard InChI is InChI=1S/C11H12ClIN2S/c1-3-15(4-2)11-9-8(16-14-11)6-5-7(13)10(9)12/h5-6H,3-4H2,1-2H3. The number of hydrogen-bond acceptors (Lipinski definition) is 3. The first-order valence-corrected chi connectivity index (χ1v) is 7.40. The highest BCUT2D eigenvalue weighted by atomic mass is 127. The smallest absolute Gasteiger partial charge is 0.151 e. The Hall–Kier alpha value is -0.0700. The van der Waals surface area contributed by atoms with Gasteiger partial charge in [-0.05, 0) is 60.1 Å². The molecule has 0 bridgehead atoms. The molecule has 0 unspecified atom stereocenters. The lowest BCUT2D eigenvalue weighted by atomic mass is 10.2. The van der Waals surface area contributed by atoms with Crippen LogP contribution in [0.1, 0.15) is 13.8 Å². The summed E-state index contributed by atoms with van der Waals surface area (Å²) >= 11 is 10.1. The van der Waals surface area contributed by atoms with Gasteiger partial charge in [-0.15, -0.1) is 0 Å². The van der Waals surface area contributed by atoms with E-state index in [1.807, 2.05) is 6.07 Å². The van der Waals surface area contributed by atoms with Crippen LogP contribution >= 0.6 is 45.7 Å². The Morgan fingerprint density at radius 1 is 1.38 bits per heavy atom. The predicted molar refractivity (Wildman–Crippen MR) is 80.9 cm³/mol. The first kappa shape index (κ1) is 12.4. The van der Waals surface area contributed by atoms with E-state index in [1.54, 1.807) is 0 Å². The van der Waals surface area contributed by atoms with Gasteiger partial charge in [-0.2, -0.15) is 4.37 Å². The molecule has 0 radical (unpaired) electrons. The molecule has 1 aromatic carbocycles. The van der Waals surface area contributed by atoms with Gasteiger partial charge in [-0.25, -0.2) is 0 Å². The van der Waals surface area contributed by atoms with Gasteiger partial charge in [0, 0.05) is 16.7 Å². The molecule has 1 aromatic heterocycles. The van der Waals surface area contributed by atoms with E-state index >= 15 is 0 Å². The molecule has 0 atom stereocenters. The van der Waals surface area contributed by atoms with Crippen LogP contribution < -0.4 is 4.90 Å². The molecule has 0 saturated heterocycles. The van der Waals surface area contributed by atoms with Crippen molar-refractivity contribution in [2.45, 2.75) is 13.8 Å². The zero-order valence-corrected chi connectivity index (χ0v) is 12.9. The summed E-state index contributed by atoms with van der Waals surface area (Å²) in [5.41, 5.74) is 0. The third-order valence-electron chi connectivity index (χ3n) is 2.57. The van der Waals surface area contributed by atoms with Gasteiger partial charge in [0.15, 0.2) is 5.82 Å². The Kier molecular flexibility index (Phi) is 3.92. The molecule has 0 spiro atoms. The SMILES string of the molecule is CCN(CC)c1nsc2ccc(I)c(Cl)c12. The Labute approximate surface area is 118 Å². The van der Waals surface area contributed by atoms with Crippen molar-refractivity contribution in [3.05, 3.63) is 20.7 Å². The minimum atomic E-state index is 0.828. The van der Waals surface area contributed by atoms with Crippen molar-refractivity contribution in [1.29, 1.82) is 0 Å². The summed E-state index contributed by atoms with van der Waals surface area (Å²) in [7, 11) is 0. The number of hydrogen-bond donors (Lipinski definition) is 0. The Balaban J connectivity index is 2.67. The molecule has 0 aliphatic rings. The molecule has 2 rings (SSSR count). The van der Waals surface area contributed by atoms with Gasteiger partial charge in [-0.1, -0.05) is 11.6 Å². The quantitative estimate of drug-likeness (QED) is 0.749. The number of benzene rings is 1. The highest BCUT2D eigenvalue weighted by Gasteiger charge is 2.15. The summed E-state index contributed by atoms with van der Waals surface area (Å²) in [6.45, 7) is 6.18. The molecule has 0 aliphatic heterocycles. The van der Waals surface area contributed by atoms with Crippen molar-refractivity contribution in [1.82, 2.24) is 4.37 Å². The number of nitrogens with zero attached hydrogens (tertiary/aromatic N) is 2. The van der Waals surface area contributed by atoms with Crippen molar-refractivity contribution in [3.8, 4) is 0 Å². The molecular formula is C11H12ClIN2S. The summed E-state index contributed by atoms with van der Waals surface area (Å²) in [6, 6.07) is 4.13. The van der Waals surface area contributed by atoms with Crippen molar-refractivity contribution in [2.24, 2.45) is 0 Å². The summed E-state index contributed by atoms with van der Waals surface area (Å²) < 4.78 is 6.76. The molecule has 86 valence electrons. The summed E-state index contributed by atoms with van der Waals surface area (Å²) in [5, 5.41) is 1.93. The second-order valence-corrected chi connectivity index (χ2v) is 5.76. The third kappa shape index (κ3) is 2.02. The molecule has 0 saturated carbocycles. The fourth-order valence-corrected chi connectivity index (χ4v) is 3.25. The van der Waals surface area contributed by atoms with Crippen LogP contribution in [0, 0.1) is 3.57 Å². The Morgan fingerprint density at radius 3 is 2.69 bits per heavy atom. The minimum Gasteiger partial charge on any atom is -0.356 e. The van der Waals surface area contributed by atoms with Crippen LogP contribution in [-0.2, 0) is 0 Å². The third-order valence-corrected chi connectivity index (χ3v) is 4.99. The summed E-state index contributed by atoms with van der Waals surface area (Å²) in [4.78, 5) is 2.24. The summed E-state index contributed by atoms with van der Waals surface area (Å²) in [5.74, 6) is 1.02. The number of anilines is 1. The molecule has 0 amide bonds. The largest absolute Gasteiger partial charge is 0.356 e. The number of halogens is 2. The van der Waals surface area contributed by atoms with E-state index < -0.39 is 0 Å². The Morgan fingerprint density at radius 2 is 2.06 bits per heavy atom. The van der Waals surface area contributed by atoms with Crippen LogP contribution in [0.5, 0.6) is 0 Å². The second-order valence-electron chi connectivity index (χ2n) is 3.41. The minimum absolute atomic E-state index is 0.828. The van der Waals surface area contributed by atoms with Gasteiger partial charge in [-0.3, -0.25) is 0 Å². The highest BCUT2D eigenvalue weighted by Crippen LogP contribution is 2.37. The number of rotatable bonds is 3.